The molecule has 4 nitrogen and oxygen atoms in total. The fourth-order valence-corrected chi connectivity index (χ4v) is 3.16. The van der Waals surface area contributed by atoms with Crippen LogP contribution in [0, 0.1) is 0 Å². The Morgan fingerprint density at radius 1 is 1.35 bits per heavy atom. The second-order valence-corrected chi connectivity index (χ2v) is 5.72. The summed E-state index contributed by atoms with van der Waals surface area (Å²) >= 11 is 7.63. The molecule has 0 atom stereocenters. The normalized spacial score (nSPS) is 10.8. The van der Waals surface area contributed by atoms with E-state index in [1.807, 2.05) is 19.2 Å². The zero-order valence-corrected chi connectivity index (χ0v) is 13.3. The first-order valence-electron chi connectivity index (χ1n) is 6.15. The van der Waals surface area contributed by atoms with E-state index < -0.39 is 0 Å². The smallest absolute Gasteiger partial charge is 0.130 e. The van der Waals surface area contributed by atoms with E-state index in [-0.39, 0.29) is 0 Å². The molecule has 0 spiro atoms. The molecule has 6 heteroatoms. The molecule has 0 aliphatic rings. The van der Waals surface area contributed by atoms with Crippen LogP contribution in [0.15, 0.2) is 18.2 Å². The summed E-state index contributed by atoms with van der Waals surface area (Å²) in [6.45, 7) is 1.27. The van der Waals surface area contributed by atoms with E-state index in [0.29, 0.717) is 11.6 Å². The Bertz CT molecular complexity index is 563. The lowest BCUT2D eigenvalue weighted by Gasteiger charge is -2.05. The lowest BCUT2D eigenvalue weighted by atomic mass is 10.2. The van der Waals surface area contributed by atoms with Gasteiger partial charge < -0.3 is 14.8 Å². The first-order valence-corrected chi connectivity index (χ1v) is 7.35. The quantitative estimate of drug-likeness (QED) is 0.888. The molecule has 1 N–H and O–H groups in total. The van der Waals surface area contributed by atoms with Gasteiger partial charge in [-0.2, -0.15) is 0 Å². The van der Waals surface area contributed by atoms with Crippen LogP contribution in [0.2, 0.25) is 5.02 Å². The van der Waals surface area contributed by atoms with Crippen molar-refractivity contribution in [3.8, 4) is 16.3 Å². The summed E-state index contributed by atoms with van der Waals surface area (Å²) < 4.78 is 10.6. The molecule has 0 radical (unpaired) electrons. The van der Waals surface area contributed by atoms with Gasteiger partial charge >= 0.3 is 0 Å². The molecule has 0 saturated carbocycles. The maximum Gasteiger partial charge on any atom is 0.130 e. The first-order chi connectivity index (χ1) is 9.69. The van der Waals surface area contributed by atoms with Crippen LogP contribution < -0.4 is 10.1 Å². The number of nitrogens with one attached hydrogen (secondary N) is 1. The van der Waals surface area contributed by atoms with Crippen molar-refractivity contribution in [3.05, 3.63) is 33.8 Å². The molecule has 0 amide bonds. The lowest BCUT2D eigenvalue weighted by Crippen LogP contribution is -2.06. The van der Waals surface area contributed by atoms with E-state index in [0.717, 1.165) is 28.6 Å². The minimum Gasteiger partial charge on any atom is -0.496 e. The van der Waals surface area contributed by atoms with Crippen LogP contribution in [0.4, 0.5) is 0 Å². The number of benzene rings is 1. The number of rotatable bonds is 6. The number of hydrogen-bond donors (Lipinski definition) is 1. The topological polar surface area (TPSA) is 43.4 Å². The summed E-state index contributed by atoms with van der Waals surface area (Å²) in [5.74, 6) is 0.728. The third-order valence-corrected chi connectivity index (χ3v) is 4.16. The van der Waals surface area contributed by atoms with E-state index in [2.05, 4.69) is 10.3 Å². The number of halogens is 1. The number of thiazole rings is 1. The van der Waals surface area contributed by atoms with Crippen LogP contribution in [0.1, 0.15) is 10.6 Å². The van der Waals surface area contributed by atoms with Crippen molar-refractivity contribution in [3.63, 3.8) is 0 Å². The molecule has 1 heterocycles. The van der Waals surface area contributed by atoms with Crippen LogP contribution in [-0.2, 0) is 17.9 Å². The Kier molecular flexibility index (Phi) is 5.37. The molecule has 2 rings (SSSR count). The predicted octanol–water partition coefficient (Wildman–Crippen LogP) is 3.34. The molecule has 0 aliphatic heterocycles. The first kappa shape index (κ1) is 15.3. The highest BCUT2D eigenvalue weighted by Gasteiger charge is 2.15. The number of hydrogen-bond acceptors (Lipinski definition) is 5. The van der Waals surface area contributed by atoms with E-state index in [1.165, 1.54) is 4.88 Å². The summed E-state index contributed by atoms with van der Waals surface area (Å²) in [5, 5.41) is 4.71. The van der Waals surface area contributed by atoms with Gasteiger partial charge in [-0.3, -0.25) is 0 Å². The Hall–Kier alpha value is -1.14. The molecule has 108 valence electrons. The lowest BCUT2D eigenvalue weighted by molar-refractivity contribution is 0.181. The molecule has 20 heavy (non-hydrogen) atoms. The van der Waals surface area contributed by atoms with Gasteiger partial charge in [0.05, 0.1) is 25.0 Å². The Morgan fingerprint density at radius 3 is 2.80 bits per heavy atom. The highest BCUT2D eigenvalue weighted by atomic mass is 35.5. The Labute approximate surface area is 127 Å². The predicted molar refractivity (Wildman–Crippen MR) is 82.6 cm³/mol. The number of aromatic nitrogens is 1. The van der Waals surface area contributed by atoms with Crippen LogP contribution in [0.3, 0.4) is 0 Å². The minimum atomic E-state index is 0.503. The van der Waals surface area contributed by atoms with Crippen LogP contribution >= 0.6 is 22.9 Å². The molecule has 0 aliphatic carbocycles. The van der Waals surface area contributed by atoms with Crippen molar-refractivity contribution >= 4 is 22.9 Å². The largest absolute Gasteiger partial charge is 0.496 e. The van der Waals surface area contributed by atoms with Gasteiger partial charge in [0.1, 0.15) is 10.8 Å². The standard InChI is InChI=1S/C14H17ClN2O2S/c1-16-7-13-11(8-18-2)17-14(20-13)10-5-4-9(15)6-12(10)19-3/h4-6,16H,7-8H2,1-3H3. The molecule has 0 fully saturated rings. The monoisotopic (exact) mass is 312 g/mol. The van der Waals surface area contributed by atoms with E-state index >= 15 is 0 Å². The van der Waals surface area contributed by atoms with Crippen molar-refractivity contribution in [1.82, 2.24) is 10.3 Å². The highest BCUT2D eigenvalue weighted by molar-refractivity contribution is 7.15. The summed E-state index contributed by atoms with van der Waals surface area (Å²) in [6.07, 6.45) is 0. The molecule has 0 bridgehead atoms. The van der Waals surface area contributed by atoms with E-state index in [1.54, 1.807) is 31.6 Å². The van der Waals surface area contributed by atoms with Gasteiger partial charge in [0.15, 0.2) is 0 Å². The van der Waals surface area contributed by atoms with Gasteiger partial charge in [0, 0.05) is 23.6 Å². The summed E-state index contributed by atoms with van der Waals surface area (Å²) in [5.41, 5.74) is 1.90. The Morgan fingerprint density at radius 2 is 2.15 bits per heavy atom. The number of ether oxygens (including phenoxy) is 2. The minimum absolute atomic E-state index is 0.503. The van der Waals surface area contributed by atoms with Crippen molar-refractivity contribution in [1.29, 1.82) is 0 Å². The second kappa shape index (κ2) is 7.04. The van der Waals surface area contributed by atoms with E-state index in [9.17, 15) is 0 Å². The Balaban J connectivity index is 2.44. The molecule has 0 saturated heterocycles. The third kappa shape index (κ3) is 3.30. The summed E-state index contributed by atoms with van der Waals surface area (Å²) in [4.78, 5) is 5.83. The van der Waals surface area contributed by atoms with Crippen molar-refractivity contribution in [2.24, 2.45) is 0 Å². The van der Waals surface area contributed by atoms with Crippen LogP contribution in [0.25, 0.3) is 10.6 Å². The van der Waals surface area contributed by atoms with Gasteiger partial charge in [0.2, 0.25) is 0 Å². The average molecular weight is 313 g/mol. The summed E-state index contributed by atoms with van der Waals surface area (Å²) in [6, 6.07) is 5.57. The number of methoxy groups -OCH3 is 2. The van der Waals surface area contributed by atoms with E-state index in [4.69, 9.17) is 21.1 Å². The fraction of sp³-hybridized carbons (Fsp3) is 0.357. The molecular formula is C14H17ClN2O2S. The van der Waals surface area contributed by atoms with Crippen molar-refractivity contribution in [2.45, 2.75) is 13.2 Å². The molecular weight excluding hydrogens is 296 g/mol. The molecule has 1 aromatic carbocycles. The molecule has 0 unspecified atom stereocenters. The zero-order chi connectivity index (χ0) is 14.5. The third-order valence-electron chi connectivity index (χ3n) is 2.79. The summed E-state index contributed by atoms with van der Waals surface area (Å²) in [7, 11) is 5.22. The maximum atomic E-state index is 5.99. The van der Waals surface area contributed by atoms with Gasteiger partial charge in [-0.25, -0.2) is 4.98 Å². The highest BCUT2D eigenvalue weighted by Crippen LogP contribution is 2.36. The second-order valence-electron chi connectivity index (χ2n) is 4.20. The van der Waals surface area contributed by atoms with Crippen LogP contribution in [-0.4, -0.2) is 26.3 Å². The fourth-order valence-electron chi connectivity index (χ4n) is 1.89. The average Bonchev–Trinajstić information content (AvgIpc) is 2.82. The van der Waals surface area contributed by atoms with Crippen LogP contribution in [0.5, 0.6) is 5.75 Å². The van der Waals surface area contributed by atoms with Crippen molar-refractivity contribution in [2.75, 3.05) is 21.3 Å². The maximum absolute atomic E-state index is 5.99. The van der Waals surface area contributed by atoms with Gasteiger partial charge in [-0.1, -0.05) is 11.6 Å². The van der Waals surface area contributed by atoms with Crippen molar-refractivity contribution < 1.29 is 9.47 Å². The van der Waals surface area contributed by atoms with Gasteiger partial charge in [-0.15, -0.1) is 11.3 Å². The van der Waals surface area contributed by atoms with Gasteiger partial charge in [-0.05, 0) is 25.2 Å². The molecule has 2 aromatic rings. The molecule has 1 aromatic heterocycles. The van der Waals surface area contributed by atoms with Gasteiger partial charge in [0.25, 0.3) is 0 Å². The zero-order valence-electron chi connectivity index (χ0n) is 11.7. The number of nitrogens with zero attached hydrogens (tertiary/aromatic N) is 1. The SMILES string of the molecule is CNCc1sc(-c2ccc(Cl)cc2OC)nc1COC.